The van der Waals surface area contributed by atoms with E-state index in [1.807, 2.05) is 6.07 Å². The number of hydrogen-bond acceptors (Lipinski definition) is 1. The van der Waals surface area contributed by atoms with Crippen LogP contribution in [0.5, 0.6) is 0 Å². The summed E-state index contributed by atoms with van der Waals surface area (Å²) in [7, 11) is 0. The number of benzene rings is 2. The summed E-state index contributed by atoms with van der Waals surface area (Å²) in [6.07, 6.45) is 3.56. The van der Waals surface area contributed by atoms with Crippen LogP contribution >= 0.6 is 0 Å². The van der Waals surface area contributed by atoms with Gasteiger partial charge in [-0.1, -0.05) is 74.5 Å². The van der Waals surface area contributed by atoms with Crippen molar-refractivity contribution < 1.29 is 4.74 Å². The summed E-state index contributed by atoms with van der Waals surface area (Å²) >= 11 is 0. The summed E-state index contributed by atoms with van der Waals surface area (Å²) in [5.74, 6) is 0. The molecule has 0 aliphatic carbocycles. The molecule has 0 radical (unpaired) electrons. The maximum atomic E-state index is 5.89. The Labute approximate surface area is 129 Å². The molecule has 0 atom stereocenters. The van der Waals surface area contributed by atoms with Crippen LogP contribution in [0.4, 0.5) is 0 Å². The van der Waals surface area contributed by atoms with Crippen molar-refractivity contribution in [3.8, 4) is 0 Å². The summed E-state index contributed by atoms with van der Waals surface area (Å²) in [4.78, 5) is 0. The summed E-state index contributed by atoms with van der Waals surface area (Å²) < 4.78 is 5.89. The first-order valence-corrected chi connectivity index (χ1v) is 7.81. The number of hydrogen-bond donors (Lipinski definition) is 0. The average Bonchev–Trinajstić information content (AvgIpc) is 2.49. The molecule has 0 saturated carbocycles. The summed E-state index contributed by atoms with van der Waals surface area (Å²) in [6.45, 7) is 6.12. The Kier molecular flexibility index (Phi) is 6.01. The molecule has 0 aliphatic heterocycles. The van der Waals surface area contributed by atoms with Crippen LogP contribution in [0.25, 0.3) is 0 Å². The molecule has 0 aliphatic rings. The highest BCUT2D eigenvalue weighted by atomic mass is 16.5. The lowest BCUT2D eigenvalue weighted by Gasteiger charge is -2.24. The van der Waals surface area contributed by atoms with Gasteiger partial charge in [0, 0.05) is 0 Å². The van der Waals surface area contributed by atoms with Crippen molar-refractivity contribution in [2.75, 3.05) is 6.61 Å². The molecule has 0 fully saturated rings. The van der Waals surface area contributed by atoms with E-state index in [1.54, 1.807) is 0 Å². The van der Waals surface area contributed by atoms with Gasteiger partial charge < -0.3 is 4.74 Å². The average molecular weight is 282 g/mol. The summed E-state index contributed by atoms with van der Waals surface area (Å²) in [6, 6.07) is 21.1. The molecule has 21 heavy (non-hydrogen) atoms. The SMILES string of the molecule is CC(C)(CCCc1ccccc1)COCc1ccccc1. The third-order valence-electron chi connectivity index (χ3n) is 3.77. The Bertz CT molecular complexity index is 454. The van der Waals surface area contributed by atoms with Gasteiger partial charge in [-0.15, -0.1) is 0 Å². The zero-order valence-electron chi connectivity index (χ0n) is 13.2. The Balaban J connectivity index is 1.67. The van der Waals surface area contributed by atoms with Gasteiger partial charge in [-0.05, 0) is 35.8 Å². The van der Waals surface area contributed by atoms with Crippen molar-refractivity contribution in [2.45, 2.75) is 39.7 Å². The minimum absolute atomic E-state index is 0.240. The van der Waals surface area contributed by atoms with Crippen molar-refractivity contribution in [3.05, 3.63) is 71.8 Å². The second kappa shape index (κ2) is 7.99. The molecule has 0 unspecified atom stereocenters. The minimum Gasteiger partial charge on any atom is -0.376 e. The van der Waals surface area contributed by atoms with Crippen LogP contribution in [0.1, 0.15) is 37.8 Å². The van der Waals surface area contributed by atoms with Gasteiger partial charge in [0.2, 0.25) is 0 Å². The van der Waals surface area contributed by atoms with Gasteiger partial charge in [0.1, 0.15) is 0 Å². The smallest absolute Gasteiger partial charge is 0.0717 e. The monoisotopic (exact) mass is 282 g/mol. The topological polar surface area (TPSA) is 9.23 Å². The van der Waals surface area contributed by atoms with Gasteiger partial charge in [-0.25, -0.2) is 0 Å². The zero-order valence-corrected chi connectivity index (χ0v) is 13.2. The molecule has 0 spiro atoms. The molecule has 2 aromatic rings. The molecular weight excluding hydrogens is 256 g/mol. The van der Waals surface area contributed by atoms with Crippen molar-refractivity contribution in [2.24, 2.45) is 5.41 Å². The van der Waals surface area contributed by atoms with E-state index >= 15 is 0 Å². The van der Waals surface area contributed by atoms with E-state index in [0.717, 1.165) is 13.0 Å². The second-order valence-corrected chi connectivity index (χ2v) is 6.48. The summed E-state index contributed by atoms with van der Waals surface area (Å²) in [5.41, 5.74) is 2.92. The standard InChI is InChI=1S/C20H26O/c1-20(2,15-9-14-18-10-5-3-6-11-18)17-21-16-19-12-7-4-8-13-19/h3-8,10-13H,9,14-17H2,1-2H3. The van der Waals surface area contributed by atoms with Crippen molar-refractivity contribution in [1.29, 1.82) is 0 Å². The van der Waals surface area contributed by atoms with E-state index in [-0.39, 0.29) is 5.41 Å². The molecule has 1 heteroatoms. The lowest BCUT2D eigenvalue weighted by Crippen LogP contribution is -2.19. The highest BCUT2D eigenvalue weighted by molar-refractivity contribution is 5.14. The van der Waals surface area contributed by atoms with Gasteiger partial charge in [0.15, 0.2) is 0 Å². The van der Waals surface area contributed by atoms with Crippen molar-refractivity contribution in [1.82, 2.24) is 0 Å². The van der Waals surface area contributed by atoms with Crippen LogP contribution in [0.3, 0.4) is 0 Å². The fourth-order valence-electron chi connectivity index (χ4n) is 2.51. The second-order valence-electron chi connectivity index (χ2n) is 6.48. The molecular formula is C20H26O. The predicted molar refractivity (Wildman–Crippen MR) is 89.3 cm³/mol. The highest BCUT2D eigenvalue weighted by Gasteiger charge is 2.17. The Hall–Kier alpha value is -1.60. The van der Waals surface area contributed by atoms with Crippen molar-refractivity contribution in [3.63, 3.8) is 0 Å². The quantitative estimate of drug-likeness (QED) is 0.642. The molecule has 2 aromatic carbocycles. The van der Waals surface area contributed by atoms with E-state index in [9.17, 15) is 0 Å². The molecule has 0 bridgehead atoms. The van der Waals surface area contributed by atoms with E-state index < -0.39 is 0 Å². The van der Waals surface area contributed by atoms with Gasteiger partial charge in [-0.3, -0.25) is 0 Å². The first kappa shape index (κ1) is 15.8. The molecule has 0 heterocycles. The molecule has 0 N–H and O–H groups in total. The molecule has 0 saturated heterocycles. The number of ether oxygens (including phenoxy) is 1. The largest absolute Gasteiger partial charge is 0.376 e. The zero-order chi connectivity index (χ0) is 15.0. The first-order chi connectivity index (χ1) is 10.2. The fourth-order valence-corrected chi connectivity index (χ4v) is 2.51. The molecule has 2 rings (SSSR count). The molecule has 0 amide bonds. The van der Waals surface area contributed by atoms with Gasteiger partial charge in [0.25, 0.3) is 0 Å². The Morgan fingerprint density at radius 1 is 0.810 bits per heavy atom. The van der Waals surface area contributed by atoms with Crippen LogP contribution in [0, 0.1) is 5.41 Å². The number of aryl methyl sites for hydroxylation is 1. The normalized spacial score (nSPS) is 11.5. The van der Waals surface area contributed by atoms with Crippen LogP contribution in [0.15, 0.2) is 60.7 Å². The Morgan fingerprint density at radius 2 is 1.38 bits per heavy atom. The van der Waals surface area contributed by atoms with Gasteiger partial charge in [-0.2, -0.15) is 0 Å². The van der Waals surface area contributed by atoms with Crippen LogP contribution < -0.4 is 0 Å². The summed E-state index contributed by atoms with van der Waals surface area (Å²) in [5, 5.41) is 0. The maximum absolute atomic E-state index is 5.89. The van der Waals surface area contributed by atoms with Gasteiger partial charge >= 0.3 is 0 Å². The molecule has 0 aromatic heterocycles. The molecule has 1 nitrogen and oxygen atoms in total. The van der Waals surface area contributed by atoms with Crippen LogP contribution in [0.2, 0.25) is 0 Å². The van der Waals surface area contributed by atoms with Gasteiger partial charge in [0.05, 0.1) is 13.2 Å². The predicted octanol–water partition coefficient (Wildman–Crippen LogP) is 5.25. The maximum Gasteiger partial charge on any atom is 0.0717 e. The first-order valence-electron chi connectivity index (χ1n) is 7.81. The lowest BCUT2D eigenvalue weighted by molar-refractivity contribution is 0.0462. The minimum atomic E-state index is 0.240. The highest BCUT2D eigenvalue weighted by Crippen LogP contribution is 2.24. The van der Waals surface area contributed by atoms with E-state index in [2.05, 4.69) is 68.4 Å². The third-order valence-corrected chi connectivity index (χ3v) is 3.77. The fraction of sp³-hybridized carbons (Fsp3) is 0.400. The third kappa shape index (κ3) is 6.14. The molecule has 112 valence electrons. The lowest BCUT2D eigenvalue weighted by atomic mass is 9.87. The van der Waals surface area contributed by atoms with Crippen molar-refractivity contribution >= 4 is 0 Å². The van der Waals surface area contributed by atoms with E-state index in [1.165, 1.54) is 24.0 Å². The van der Waals surface area contributed by atoms with E-state index in [0.29, 0.717) is 6.61 Å². The van der Waals surface area contributed by atoms with Crippen LogP contribution in [-0.2, 0) is 17.8 Å². The Morgan fingerprint density at radius 3 is 2.00 bits per heavy atom. The number of rotatable bonds is 8. The van der Waals surface area contributed by atoms with E-state index in [4.69, 9.17) is 4.74 Å². The van der Waals surface area contributed by atoms with Crippen LogP contribution in [-0.4, -0.2) is 6.61 Å².